The number of carbonyl (C=O) groups excluding carboxylic acids is 1. The van der Waals surface area contributed by atoms with Crippen LogP contribution in [0.2, 0.25) is 5.02 Å². The number of carbonyl (C=O) groups is 1. The minimum atomic E-state index is -0.0711. The summed E-state index contributed by atoms with van der Waals surface area (Å²) < 4.78 is 5.65. The summed E-state index contributed by atoms with van der Waals surface area (Å²) in [6.07, 6.45) is 2.01. The lowest BCUT2D eigenvalue weighted by Gasteiger charge is -2.32. The van der Waals surface area contributed by atoms with Crippen molar-refractivity contribution in [2.45, 2.75) is 64.2 Å². The maximum Gasteiger partial charge on any atom is 0.228 e. The Morgan fingerprint density at radius 1 is 1.00 bits per heavy atom. The molecule has 3 aromatic rings. The molecule has 1 aliphatic heterocycles. The van der Waals surface area contributed by atoms with Crippen LogP contribution in [0.4, 0.5) is 0 Å². The average molecular weight is 491 g/mol. The van der Waals surface area contributed by atoms with E-state index in [2.05, 4.69) is 50.4 Å². The first-order valence-electron chi connectivity index (χ1n) is 12.3. The highest BCUT2D eigenvalue weighted by Gasteiger charge is 2.37. The van der Waals surface area contributed by atoms with Crippen LogP contribution in [-0.4, -0.2) is 24.1 Å². The number of likely N-dealkylation sites (tertiary alicyclic amines) is 1. The number of nitrogens with zero attached hydrogens (tertiary/aromatic N) is 1. The average Bonchev–Trinajstić information content (AvgIpc) is 3.28. The second kappa shape index (κ2) is 10.8. The Labute approximate surface area is 214 Å². The fourth-order valence-electron chi connectivity index (χ4n) is 4.87. The van der Waals surface area contributed by atoms with Crippen LogP contribution in [0.3, 0.4) is 0 Å². The first-order chi connectivity index (χ1) is 16.8. The monoisotopic (exact) mass is 490 g/mol. The molecule has 1 heterocycles. The summed E-state index contributed by atoms with van der Waals surface area (Å²) in [5.74, 6) is 0.939. The van der Waals surface area contributed by atoms with Gasteiger partial charge in [-0.2, -0.15) is 0 Å². The van der Waals surface area contributed by atoms with Gasteiger partial charge in [0.2, 0.25) is 5.91 Å². The third-order valence-corrected chi connectivity index (χ3v) is 7.20. The quantitative estimate of drug-likeness (QED) is 0.402. The van der Waals surface area contributed by atoms with Crippen molar-refractivity contribution in [3.05, 3.63) is 100 Å². The molecule has 1 amide bonds. The molecule has 0 bridgehead atoms. The van der Waals surface area contributed by atoms with Gasteiger partial charge in [0, 0.05) is 17.1 Å². The van der Waals surface area contributed by atoms with Gasteiger partial charge in [0.15, 0.2) is 0 Å². The number of methoxy groups -OCH3 is 1. The van der Waals surface area contributed by atoms with Crippen LogP contribution >= 0.6 is 11.6 Å². The fraction of sp³-hybridized carbons (Fsp3) is 0.367. The van der Waals surface area contributed by atoms with Crippen LogP contribution in [0.5, 0.6) is 5.75 Å². The van der Waals surface area contributed by atoms with Gasteiger partial charge in [-0.3, -0.25) is 10.1 Å². The zero-order chi connectivity index (χ0) is 25.0. The number of benzene rings is 3. The molecule has 3 aromatic carbocycles. The highest BCUT2D eigenvalue weighted by Crippen LogP contribution is 2.36. The Balaban J connectivity index is 1.58. The fourth-order valence-corrected chi connectivity index (χ4v) is 5.07. The van der Waals surface area contributed by atoms with Crippen LogP contribution in [0.15, 0.2) is 72.8 Å². The van der Waals surface area contributed by atoms with E-state index in [1.807, 2.05) is 53.4 Å². The van der Waals surface area contributed by atoms with E-state index < -0.39 is 0 Å². The molecule has 4 nitrogen and oxygen atoms in total. The highest BCUT2D eigenvalue weighted by atomic mass is 35.5. The smallest absolute Gasteiger partial charge is 0.228 e. The van der Waals surface area contributed by atoms with Crippen molar-refractivity contribution in [2.24, 2.45) is 0 Å². The van der Waals surface area contributed by atoms with E-state index in [-0.39, 0.29) is 30.0 Å². The van der Waals surface area contributed by atoms with Gasteiger partial charge >= 0.3 is 0 Å². The van der Waals surface area contributed by atoms with Crippen molar-refractivity contribution < 1.29 is 9.53 Å². The van der Waals surface area contributed by atoms with E-state index >= 15 is 0 Å². The predicted octanol–water partition coefficient (Wildman–Crippen LogP) is 6.67. The van der Waals surface area contributed by atoms with Crippen molar-refractivity contribution in [1.29, 1.82) is 0 Å². The molecule has 0 aliphatic carbocycles. The lowest BCUT2D eigenvalue weighted by molar-refractivity contribution is -0.134. The standard InChI is InChI=1S/C30H35ClN2O2/c1-30(2,3)24-14-16-27(35-4)23(18-24)20-32-28-17-15-26(21-10-6-5-7-11-21)33(28)29(34)19-22-12-8-9-13-25(22)31/h5-14,16,18,26,28,32H,15,17,19-20H2,1-4H3. The topological polar surface area (TPSA) is 41.6 Å². The summed E-state index contributed by atoms with van der Waals surface area (Å²) in [5, 5.41) is 4.30. The van der Waals surface area contributed by atoms with E-state index in [1.54, 1.807) is 7.11 Å². The zero-order valence-corrected chi connectivity index (χ0v) is 21.8. The SMILES string of the molecule is COc1ccc(C(C)(C)C)cc1CNC1CCC(c2ccccc2)N1C(=O)Cc1ccccc1Cl. The first kappa shape index (κ1) is 25.3. The molecule has 5 heteroatoms. The molecule has 35 heavy (non-hydrogen) atoms. The molecule has 4 rings (SSSR count). The maximum atomic E-state index is 13.7. The number of hydrogen-bond donors (Lipinski definition) is 1. The van der Waals surface area contributed by atoms with E-state index in [1.165, 1.54) is 5.56 Å². The number of halogens is 1. The Kier molecular flexibility index (Phi) is 7.83. The number of amides is 1. The molecule has 2 atom stereocenters. The normalized spacial score (nSPS) is 18.0. The van der Waals surface area contributed by atoms with Crippen LogP contribution in [0, 0.1) is 0 Å². The molecule has 0 radical (unpaired) electrons. The number of ether oxygens (including phenoxy) is 1. The molecule has 1 saturated heterocycles. The van der Waals surface area contributed by atoms with Crippen molar-refractivity contribution in [1.82, 2.24) is 10.2 Å². The van der Waals surface area contributed by atoms with Crippen molar-refractivity contribution in [2.75, 3.05) is 7.11 Å². The summed E-state index contributed by atoms with van der Waals surface area (Å²) in [6.45, 7) is 7.25. The second-order valence-corrected chi connectivity index (χ2v) is 10.7. The molecular weight excluding hydrogens is 456 g/mol. The zero-order valence-electron chi connectivity index (χ0n) is 21.1. The number of hydrogen-bond acceptors (Lipinski definition) is 3. The van der Waals surface area contributed by atoms with Gasteiger partial charge in [0.05, 0.1) is 25.7 Å². The van der Waals surface area contributed by atoms with E-state index in [4.69, 9.17) is 16.3 Å². The summed E-state index contributed by atoms with van der Waals surface area (Å²) in [4.78, 5) is 15.7. The molecule has 0 aromatic heterocycles. The van der Waals surface area contributed by atoms with Crippen molar-refractivity contribution in [3.8, 4) is 5.75 Å². The summed E-state index contributed by atoms with van der Waals surface area (Å²) >= 11 is 6.39. The van der Waals surface area contributed by atoms with Crippen LogP contribution < -0.4 is 10.1 Å². The Hall–Kier alpha value is -2.82. The largest absolute Gasteiger partial charge is 0.496 e. The predicted molar refractivity (Wildman–Crippen MR) is 143 cm³/mol. The van der Waals surface area contributed by atoms with Gasteiger partial charge < -0.3 is 9.64 Å². The molecular formula is C30H35ClN2O2. The van der Waals surface area contributed by atoms with Crippen molar-refractivity contribution >= 4 is 17.5 Å². The minimum Gasteiger partial charge on any atom is -0.496 e. The highest BCUT2D eigenvalue weighted by molar-refractivity contribution is 6.31. The van der Waals surface area contributed by atoms with E-state index in [0.29, 0.717) is 11.6 Å². The maximum absolute atomic E-state index is 13.7. The summed E-state index contributed by atoms with van der Waals surface area (Å²) in [6, 6.07) is 24.3. The second-order valence-electron chi connectivity index (χ2n) is 10.2. The van der Waals surface area contributed by atoms with Gasteiger partial charge in [-0.1, -0.05) is 93.0 Å². The third kappa shape index (κ3) is 5.88. The molecule has 1 N–H and O–H groups in total. The minimum absolute atomic E-state index is 0.0338. The number of nitrogens with one attached hydrogen (secondary N) is 1. The Bertz CT molecular complexity index is 1160. The molecule has 1 aliphatic rings. The third-order valence-electron chi connectivity index (χ3n) is 6.83. The van der Waals surface area contributed by atoms with Crippen LogP contribution in [-0.2, 0) is 23.2 Å². The van der Waals surface area contributed by atoms with E-state index in [9.17, 15) is 4.79 Å². The van der Waals surface area contributed by atoms with Crippen LogP contribution in [0.1, 0.15) is 61.9 Å². The molecule has 1 fully saturated rings. The van der Waals surface area contributed by atoms with Gasteiger partial charge in [-0.25, -0.2) is 0 Å². The number of rotatable bonds is 7. The Morgan fingerprint density at radius 2 is 1.71 bits per heavy atom. The van der Waals surface area contributed by atoms with Gasteiger partial charge in [0.25, 0.3) is 0 Å². The van der Waals surface area contributed by atoms with Gasteiger partial charge in [-0.05, 0) is 47.1 Å². The lowest BCUT2D eigenvalue weighted by atomic mass is 9.86. The summed E-state index contributed by atoms with van der Waals surface area (Å²) in [7, 11) is 1.70. The lowest BCUT2D eigenvalue weighted by Crippen LogP contribution is -2.46. The summed E-state index contributed by atoms with van der Waals surface area (Å²) in [5.41, 5.74) is 4.42. The molecule has 2 unspecified atom stereocenters. The molecule has 184 valence electrons. The van der Waals surface area contributed by atoms with E-state index in [0.717, 1.165) is 35.3 Å². The molecule has 0 saturated carbocycles. The van der Waals surface area contributed by atoms with Gasteiger partial charge in [-0.15, -0.1) is 0 Å². The van der Waals surface area contributed by atoms with Gasteiger partial charge in [0.1, 0.15) is 5.75 Å². The van der Waals surface area contributed by atoms with Crippen molar-refractivity contribution in [3.63, 3.8) is 0 Å². The van der Waals surface area contributed by atoms with Crippen LogP contribution in [0.25, 0.3) is 0 Å². The Morgan fingerprint density at radius 3 is 2.40 bits per heavy atom. The molecule has 0 spiro atoms. The first-order valence-corrected chi connectivity index (χ1v) is 12.7.